The molecule has 0 aromatic rings. The van der Waals surface area contributed by atoms with Crippen LogP contribution < -0.4 is 0 Å². The molecule has 5 aliphatic rings. The molecule has 0 amide bonds. The van der Waals surface area contributed by atoms with Crippen molar-refractivity contribution in [2.24, 2.45) is 40.4 Å². The van der Waals surface area contributed by atoms with Crippen LogP contribution in [0.25, 0.3) is 0 Å². The molecule has 274 valence electrons. The minimum Gasteiger partial charge on any atom is -0.726 e. The van der Waals surface area contributed by atoms with E-state index in [9.17, 15) is 50.8 Å². The Bertz CT molecular complexity index is 1480. The SMILES string of the molecule is C=C1C2CC[C@H]3[C@]4(C)C[C@H](OC5OC(CO)C(OS(=O)(=O)[O-])C(OS(=O)(=O)[O-])C5OC(=O)CC(C)C)C[C@@H](C(=O)O)[C@H]4CC[C@]3(C2)[C@H]1O. The van der Waals surface area contributed by atoms with Gasteiger partial charge in [0.2, 0.25) is 20.8 Å². The molecule has 13 atom stereocenters. The first-order valence-electron chi connectivity index (χ1n) is 16.2. The number of carbonyl (C=O) groups is 2. The summed E-state index contributed by atoms with van der Waals surface area (Å²) >= 11 is 0. The van der Waals surface area contributed by atoms with Crippen molar-refractivity contribution in [2.45, 2.75) is 115 Å². The van der Waals surface area contributed by atoms with Gasteiger partial charge in [-0.25, -0.2) is 16.8 Å². The fourth-order valence-corrected chi connectivity index (χ4v) is 10.8. The summed E-state index contributed by atoms with van der Waals surface area (Å²) in [5.41, 5.74) is -0.359. The summed E-state index contributed by atoms with van der Waals surface area (Å²) in [7, 11) is -11.3. The number of esters is 1. The minimum atomic E-state index is -5.69. The summed E-state index contributed by atoms with van der Waals surface area (Å²) in [6.45, 7) is 8.41. The fourth-order valence-electron chi connectivity index (χ4n) is 9.81. The number of hydrogen-bond donors (Lipinski definition) is 3. The van der Waals surface area contributed by atoms with Crippen LogP contribution in [0.3, 0.4) is 0 Å². The molecule has 5 fully saturated rings. The third-order valence-corrected chi connectivity index (χ3v) is 12.4. The normalized spacial score (nSPS) is 43.0. The second-order valence-corrected chi connectivity index (χ2v) is 16.8. The van der Waals surface area contributed by atoms with Gasteiger partial charge in [-0.3, -0.25) is 18.0 Å². The molecule has 4 aliphatic carbocycles. The Kier molecular flexibility index (Phi) is 10.5. The van der Waals surface area contributed by atoms with Gasteiger partial charge in [0.25, 0.3) is 0 Å². The predicted molar refractivity (Wildman–Crippen MR) is 159 cm³/mol. The zero-order valence-corrected chi connectivity index (χ0v) is 28.6. The number of hydrogen-bond acceptors (Lipinski definition) is 15. The number of aliphatic hydroxyl groups excluding tert-OH is 2. The second kappa shape index (κ2) is 13.4. The van der Waals surface area contributed by atoms with Crippen LogP contribution in [0.1, 0.15) is 72.1 Å². The second-order valence-electron chi connectivity index (χ2n) is 14.8. The lowest BCUT2D eigenvalue weighted by molar-refractivity contribution is -0.316. The number of carboxylic acid groups (broad SMARTS) is 1. The first-order valence-corrected chi connectivity index (χ1v) is 18.8. The summed E-state index contributed by atoms with van der Waals surface area (Å²) < 4.78 is 96.9. The molecule has 1 aliphatic heterocycles. The molecule has 16 nitrogen and oxygen atoms in total. The Morgan fingerprint density at radius 2 is 1.69 bits per heavy atom. The van der Waals surface area contributed by atoms with Gasteiger partial charge in [0.15, 0.2) is 12.4 Å². The van der Waals surface area contributed by atoms with Gasteiger partial charge >= 0.3 is 11.9 Å². The molecule has 0 radical (unpaired) electrons. The van der Waals surface area contributed by atoms with Crippen molar-refractivity contribution in [2.75, 3.05) is 6.61 Å². The van der Waals surface area contributed by atoms with E-state index in [2.05, 4.69) is 14.9 Å². The van der Waals surface area contributed by atoms with Crippen LogP contribution in [0.2, 0.25) is 0 Å². The van der Waals surface area contributed by atoms with Crippen LogP contribution in [0.15, 0.2) is 12.2 Å². The van der Waals surface area contributed by atoms with Crippen molar-refractivity contribution in [3.8, 4) is 0 Å². The predicted octanol–water partition coefficient (Wildman–Crippen LogP) is 0.982. The summed E-state index contributed by atoms with van der Waals surface area (Å²) in [5, 5.41) is 31.9. The van der Waals surface area contributed by atoms with Crippen molar-refractivity contribution in [3.05, 3.63) is 12.2 Å². The van der Waals surface area contributed by atoms with Gasteiger partial charge in [-0.2, -0.15) is 0 Å². The molecule has 5 rings (SSSR count). The van der Waals surface area contributed by atoms with Crippen molar-refractivity contribution >= 4 is 32.7 Å². The van der Waals surface area contributed by atoms with E-state index < -0.39 is 99.0 Å². The zero-order chi connectivity index (χ0) is 35.6. The number of ether oxygens (including phenoxy) is 3. The third-order valence-electron chi connectivity index (χ3n) is 11.5. The summed E-state index contributed by atoms with van der Waals surface area (Å²) in [5.74, 6) is -3.38. The maximum Gasteiger partial charge on any atom is 0.306 e. The quantitative estimate of drug-likeness (QED) is 0.0882. The van der Waals surface area contributed by atoms with E-state index in [0.717, 1.165) is 24.8 Å². The largest absolute Gasteiger partial charge is 0.726 e. The highest BCUT2D eigenvalue weighted by Crippen LogP contribution is 2.70. The van der Waals surface area contributed by atoms with E-state index in [0.29, 0.717) is 12.8 Å². The Morgan fingerprint density at radius 3 is 2.27 bits per heavy atom. The van der Waals surface area contributed by atoms with Gasteiger partial charge in [0.05, 0.1) is 24.7 Å². The van der Waals surface area contributed by atoms with Crippen LogP contribution in [-0.4, -0.2) is 103 Å². The van der Waals surface area contributed by atoms with E-state index in [1.54, 1.807) is 13.8 Å². The molecule has 0 aromatic carbocycles. The monoisotopic (exact) mass is 724 g/mol. The maximum absolute atomic E-state index is 12.9. The standard InChI is InChI=1S/C30H46O16S2/c1-14(2)9-22(32)44-25-24(46-48(39,40)41)23(45-47(36,37)38)20(13-31)43-28(25)42-17-10-18(27(34)35)19-7-8-30-11-16(15(3)26(30)33)5-6-21(30)29(19,4)12-17/h14,16-21,23-26,28,31,33H,3,5-13H2,1-2,4H3,(H,34,35)(H,36,37,38)(H,39,40,41)/p-2/t16?,17-,18-,19-,20?,21+,23?,24?,25?,26+,28?,29-,30-/m1/s1. The molecule has 1 spiro atoms. The lowest BCUT2D eigenvalue weighted by Gasteiger charge is -2.62. The number of carboxylic acids is 1. The fraction of sp³-hybridized carbons (Fsp3) is 0.867. The van der Waals surface area contributed by atoms with E-state index in [-0.39, 0.29) is 42.9 Å². The number of aliphatic carboxylic acids is 1. The smallest absolute Gasteiger partial charge is 0.306 e. The van der Waals surface area contributed by atoms with Gasteiger partial charge in [0.1, 0.15) is 18.3 Å². The maximum atomic E-state index is 12.9. The average molecular weight is 725 g/mol. The molecule has 6 unspecified atom stereocenters. The first-order chi connectivity index (χ1) is 22.2. The molecule has 0 aromatic heterocycles. The van der Waals surface area contributed by atoms with Gasteiger partial charge in [-0.1, -0.05) is 27.4 Å². The lowest BCUT2D eigenvalue weighted by Crippen LogP contribution is -2.64. The molecule has 1 heterocycles. The van der Waals surface area contributed by atoms with Gasteiger partial charge in [-0.05, 0) is 79.6 Å². The molecule has 1 saturated heterocycles. The molecule has 4 saturated carbocycles. The van der Waals surface area contributed by atoms with E-state index >= 15 is 0 Å². The lowest BCUT2D eigenvalue weighted by atomic mass is 9.43. The molecular formula is C30H44O16S2-2. The van der Waals surface area contributed by atoms with Crippen molar-refractivity contribution in [3.63, 3.8) is 0 Å². The minimum absolute atomic E-state index is 0.0379. The molecule has 2 bridgehead atoms. The van der Waals surface area contributed by atoms with E-state index in [1.165, 1.54) is 0 Å². The van der Waals surface area contributed by atoms with Crippen LogP contribution >= 0.6 is 0 Å². The molecule has 18 heteroatoms. The summed E-state index contributed by atoms with van der Waals surface area (Å²) in [6, 6.07) is 0. The Balaban J connectivity index is 1.51. The van der Waals surface area contributed by atoms with Crippen LogP contribution in [0, 0.1) is 40.4 Å². The summed E-state index contributed by atoms with van der Waals surface area (Å²) in [6.07, 6.45) is -8.49. The van der Waals surface area contributed by atoms with Crippen molar-refractivity contribution in [1.29, 1.82) is 0 Å². The van der Waals surface area contributed by atoms with Crippen molar-refractivity contribution < 1.29 is 73.4 Å². The van der Waals surface area contributed by atoms with Crippen LogP contribution in [0.5, 0.6) is 0 Å². The molecular weight excluding hydrogens is 680 g/mol. The van der Waals surface area contributed by atoms with E-state index in [1.807, 2.05) is 6.92 Å². The molecule has 48 heavy (non-hydrogen) atoms. The Hall–Kier alpha value is -1.74. The highest BCUT2D eigenvalue weighted by Gasteiger charge is 2.67. The highest BCUT2D eigenvalue weighted by molar-refractivity contribution is 7.81. The number of carbonyl (C=O) groups excluding carboxylic acids is 1. The number of fused-ring (bicyclic) bond motifs is 3. The Morgan fingerprint density at radius 1 is 1.04 bits per heavy atom. The number of aliphatic hydroxyl groups is 2. The van der Waals surface area contributed by atoms with Crippen LogP contribution in [0.4, 0.5) is 0 Å². The van der Waals surface area contributed by atoms with E-state index in [4.69, 9.17) is 14.2 Å². The van der Waals surface area contributed by atoms with Gasteiger partial charge in [0, 0.05) is 11.8 Å². The van der Waals surface area contributed by atoms with Crippen molar-refractivity contribution in [1.82, 2.24) is 0 Å². The summed E-state index contributed by atoms with van der Waals surface area (Å²) in [4.78, 5) is 25.6. The van der Waals surface area contributed by atoms with Gasteiger partial charge < -0.3 is 38.6 Å². The molecule has 3 N–H and O–H groups in total. The average Bonchev–Trinajstić information content (AvgIpc) is 3.12. The number of rotatable bonds is 11. The van der Waals surface area contributed by atoms with Crippen LogP contribution in [-0.2, 0) is 53.0 Å². The third kappa shape index (κ3) is 7.20. The zero-order valence-electron chi connectivity index (χ0n) is 27.0. The highest BCUT2D eigenvalue weighted by atomic mass is 32.3. The Labute approximate surface area is 280 Å². The first kappa shape index (κ1) is 37.5. The topological polar surface area (TPSA) is 255 Å². The van der Waals surface area contributed by atoms with Gasteiger partial charge in [-0.15, -0.1) is 0 Å².